The quantitative estimate of drug-likeness (QED) is 0.176. The van der Waals surface area contributed by atoms with Crippen molar-refractivity contribution in [2.24, 2.45) is 0 Å². The van der Waals surface area contributed by atoms with E-state index in [1.807, 2.05) is 11.3 Å². The zero-order valence-electron chi connectivity index (χ0n) is 29.9. The van der Waals surface area contributed by atoms with Crippen molar-refractivity contribution in [3.8, 4) is 16.8 Å². The van der Waals surface area contributed by atoms with Crippen LogP contribution >= 0.6 is 11.3 Å². The molecule has 0 bridgehead atoms. The lowest BCUT2D eigenvalue weighted by molar-refractivity contribution is 0.747. The van der Waals surface area contributed by atoms with Crippen LogP contribution in [0.2, 0.25) is 0 Å². The molecule has 0 N–H and O–H groups in total. The predicted molar refractivity (Wildman–Crippen MR) is 235 cm³/mol. The first kappa shape index (κ1) is 30.7. The third kappa shape index (κ3) is 4.60. The number of rotatable bonds is 4. The molecule has 2 unspecified atom stereocenters. The van der Waals surface area contributed by atoms with Crippen LogP contribution in [0.15, 0.2) is 194 Å². The molecule has 0 fully saturated rings. The molecular weight excluding hydrogens is 685 g/mol. The molecule has 3 heteroatoms. The molecule has 10 aromatic rings. The Morgan fingerprint density at radius 3 is 2.09 bits per heavy atom. The van der Waals surface area contributed by atoms with Crippen molar-refractivity contribution in [2.75, 3.05) is 4.90 Å². The highest BCUT2D eigenvalue weighted by Gasteiger charge is 2.38. The monoisotopic (exact) mass is 718 g/mol. The van der Waals surface area contributed by atoms with E-state index in [1.165, 1.54) is 97.6 Å². The lowest BCUT2D eigenvalue weighted by atomic mass is 9.86. The summed E-state index contributed by atoms with van der Waals surface area (Å²) in [7, 11) is 0. The molecule has 0 amide bonds. The maximum Gasteiger partial charge on any atom is 0.0630 e. The Hall–Kier alpha value is -6.68. The number of hydrogen-bond acceptors (Lipinski definition) is 2. The highest BCUT2D eigenvalue weighted by atomic mass is 32.1. The van der Waals surface area contributed by atoms with Crippen molar-refractivity contribution >= 4 is 81.0 Å². The first-order valence-corrected chi connectivity index (χ1v) is 19.9. The molecule has 0 saturated heterocycles. The largest absolute Gasteiger partial charge is 0.333 e. The topological polar surface area (TPSA) is 8.17 Å². The lowest BCUT2D eigenvalue weighted by Gasteiger charge is -2.29. The molecule has 0 spiro atoms. The molecule has 2 nitrogen and oxygen atoms in total. The molecule has 258 valence electrons. The van der Waals surface area contributed by atoms with E-state index in [-0.39, 0.29) is 12.0 Å². The van der Waals surface area contributed by atoms with Crippen molar-refractivity contribution in [1.82, 2.24) is 4.57 Å². The highest BCUT2D eigenvalue weighted by Crippen LogP contribution is 2.49. The number of allylic oxidation sites excluding steroid dienone is 2. The smallest absolute Gasteiger partial charge is 0.0630 e. The second-order valence-electron chi connectivity index (χ2n) is 14.8. The van der Waals surface area contributed by atoms with Crippen molar-refractivity contribution in [3.05, 3.63) is 205 Å². The van der Waals surface area contributed by atoms with Crippen LogP contribution in [0, 0.1) is 0 Å². The zero-order chi connectivity index (χ0) is 36.0. The van der Waals surface area contributed by atoms with Gasteiger partial charge in [-0.05, 0) is 93.9 Å². The number of hydrogen-bond donors (Lipinski definition) is 0. The van der Waals surface area contributed by atoms with E-state index in [4.69, 9.17) is 0 Å². The molecule has 2 aliphatic rings. The van der Waals surface area contributed by atoms with Crippen molar-refractivity contribution < 1.29 is 0 Å². The highest BCUT2D eigenvalue weighted by molar-refractivity contribution is 7.25. The van der Waals surface area contributed by atoms with Crippen LogP contribution in [0.25, 0.3) is 75.1 Å². The average molecular weight is 719 g/mol. The van der Waals surface area contributed by atoms with E-state index in [9.17, 15) is 0 Å². The second kappa shape index (κ2) is 11.9. The molecule has 3 heterocycles. The molecule has 55 heavy (non-hydrogen) atoms. The van der Waals surface area contributed by atoms with Gasteiger partial charge in [-0.2, -0.15) is 0 Å². The van der Waals surface area contributed by atoms with Gasteiger partial charge in [-0.1, -0.05) is 133 Å². The second-order valence-corrected chi connectivity index (χ2v) is 15.9. The fourth-order valence-electron chi connectivity index (χ4n) is 9.48. The van der Waals surface area contributed by atoms with Gasteiger partial charge in [-0.25, -0.2) is 0 Å². The normalized spacial score (nSPS) is 16.4. The molecule has 2 aromatic heterocycles. The van der Waals surface area contributed by atoms with E-state index in [2.05, 4.69) is 204 Å². The van der Waals surface area contributed by atoms with Crippen LogP contribution in [-0.4, -0.2) is 10.6 Å². The molecule has 8 aromatic carbocycles. The Balaban J connectivity index is 0.987. The van der Waals surface area contributed by atoms with Gasteiger partial charge >= 0.3 is 0 Å². The summed E-state index contributed by atoms with van der Waals surface area (Å²) in [5.41, 5.74) is 12.6. The van der Waals surface area contributed by atoms with Crippen LogP contribution in [0.5, 0.6) is 0 Å². The van der Waals surface area contributed by atoms with Gasteiger partial charge in [0.1, 0.15) is 0 Å². The Morgan fingerprint density at radius 2 is 1.15 bits per heavy atom. The Labute approximate surface area is 323 Å². The van der Waals surface area contributed by atoms with Gasteiger partial charge in [0.2, 0.25) is 0 Å². The average Bonchev–Trinajstić information content (AvgIpc) is 3.90. The first-order chi connectivity index (χ1) is 27.3. The molecule has 1 aliphatic carbocycles. The fraction of sp³-hybridized carbons (Fsp3) is 0.0385. The SMILES string of the molecule is C1=CC2C(C=C1c1ccc3c(c1)c1ccccc1n3-c1cccc3c(-c4ccc5sc6ccccc6c5c4)cccc13)c1ccccc1N2c1ccccc1. The van der Waals surface area contributed by atoms with Crippen LogP contribution in [0.1, 0.15) is 17.0 Å². The van der Waals surface area contributed by atoms with Gasteiger partial charge in [0.25, 0.3) is 0 Å². The Morgan fingerprint density at radius 1 is 0.455 bits per heavy atom. The van der Waals surface area contributed by atoms with Gasteiger partial charge < -0.3 is 9.47 Å². The summed E-state index contributed by atoms with van der Waals surface area (Å²) in [6.07, 6.45) is 7.24. The maximum atomic E-state index is 2.50. The standard InChI is InChI=1S/C52H34N2S/c1-2-12-36(13-3-1)53-46-20-7-4-14-40(46)43-30-33(24-27-49(43)53)34-25-28-50-44(31-34)41-15-5-8-21-47(41)54(50)48-22-11-18-38-37(17-10-19-39(38)48)35-26-29-52-45(32-35)42-16-6-9-23-51(42)55-52/h1-32,43,49H. The summed E-state index contributed by atoms with van der Waals surface area (Å²) >= 11 is 1.87. The number of nitrogens with zero attached hydrogens (tertiary/aromatic N) is 2. The third-order valence-electron chi connectivity index (χ3n) is 11.9. The minimum atomic E-state index is 0.247. The Kier molecular flexibility index (Phi) is 6.66. The zero-order valence-corrected chi connectivity index (χ0v) is 30.7. The summed E-state index contributed by atoms with van der Waals surface area (Å²) < 4.78 is 5.14. The Bertz CT molecular complexity index is 3230. The lowest BCUT2D eigenvalue weighted by Crippen LogP contribution is -2.28. The minimum absolute atomic E-state index is 0.247. The van der Waals surface area contributed by atoms with E-state index in [0.29, 0.717) is 0 Å². The van der Waals surface area contributed by atoms with Crippen molar-refractivity contribution in [2.45, 2.75) is 12.0 Å². The molecule has 2 atom stereocenters. The number of thiophene rings is 1. The van der Waals surface area contributed by atoms with Crippen LogP contribution in [0.4, 0.5) is 11.4 Å². The van der Waals surface area contributed by atoms with Crippen LogP contribution < -0.4 is 4.90 Å². The van der Waals surface area contributed by atoms with E-state index < -0.39 is 0 Å². The number of fused-ring (bicyclic) bond motifs is 10. The summed E-state index contributed by atoms with van der Waals surface area (Å²) in [6, 6.07) is 65.2. The minimum Gasteiger partial charge on any atom is -0.333 e. The van der Waals surface area contributed by atoms with Gasteiger partial charge in [-0.3, -0.25) is 0 Å². The summed E-state index contributed by atoms with van der Waals surface area (Å²) in [6.45, 7) is 0. The molecule has 1 aliphatic heterocycles. The van der Waals surface area contributed by atoms with Gasteiger partial charge in [0.15, 0.2) is 0 Å². The molecule has 12 rings (SSSR count). The first-order valence-electron chi connectivity index (χ1n) is 19.1. The summed E-state index contributed by atoms with van der Waals surface area (Å²) in [5.74, 6) is 0.275. The number of aromatic nitrogens is 1. The van der Waals surface area contributed by atoms with Gasteiger partial charge in [-0.15, -0.1) is 11.3 Å². The van der Waals surface area contributed by atoms with Crippen LogP contribution in [0.3, 0.4) is 0 Å². The third-order valence-corrected chi connectivity index (χ3v) is 13.1. The fourth-order valence-corrected chi connectivity index (χ4v) is 10.6. The van der Waals surface area contributed by atoms with Crippen LogP contribution in [-0.2, 0) is 0 Å². The molecular formula is C52H34N2S. The van der Waals surface area contributed by atoms with E-state index in [0.717, 1.165) is 0 Å². The van der Waals surface area contributed by atoms with E-state index in [1.54, 1.807) is 0 Å². The summed E-state index contributed by atoms with van der Waals surface area (Å²) in [5, 5.41) is 7.70. The van der Waals surface area contributed by atoms with Gasteiger partial charge in [0, 0.05) is 53.6 Å². The number of benzene rings is 8. The van der Waals surface area contributed by atoms with Gasteiger partial charge in [0.05, 0.1) is 22.8 Å². The maximum absolute atomic E-state index is 2.50. The van der Waals surface area contributed by atoms with E-state index >= 15 is 0 Å². The molecule has 0 saturated carbocycles. The predicted octanol–water partition coefficient (Wildman–Crippen LogP) is 14.2. The summed E-state index contributed by atoms with van der Waals surface area (Å²) in [4.78, 5) is 2.50. The number of para-hydroxylation sites is 3. The van der Waals surface area contributed by atoms with Crippen molar-refractivity contribution in [1.29, 1.82) is 0 Å². The molecule has 0 radical (unpaired) electrons. The van der Waals surface area contributed by atoms with Crippen molar-refractivity contribution in [3.63, 3.8) is 0 Å². The number of anilines is 2.